The summed E-state index contributed by atoms with van der Waals surface area (Å²) in [5.74, 6) is -0.948. The molecule has 35 heavy (non-hydrogen) atoms. The van der Waals surface area contributed by atoms with Gasteiger partial charge in [0, 0.05) is 30.2 Å². The van der Waals surface area contributed by atoms with Gasteiger partial charge in [-0.3, -0.25) is 14.0 Å². The van der Waals surface area contributed by atoms with Crippen molar-refractivity contribution < 1.29 is 43.6 Å². The van der Waals surface area contributed by atoms with E-state index >= 15 is 0 Å². The van der Waals surface area contributed by atoms with E-state index < -0.39 is 40.7 Å². The molecule has 0 aliphatic carbocycles. The lowest BCUT2D eigenvalue weighted by molar-refractivity contribution is -0.193. The first-order valence-electron chi connectivity index (χ1n) is 9.76. The summed E-state index contributed by atoms with van der Waals surface area (Å²) in [5, 5.41) is 0. The molecule has 0 fully saturated rings. The van der Waals surface area contributed by atoms with Crippen molar-refractivity contribution in [3.05, 3.63) is 42.5 Å². The van der Waals surface area contributed by atoms with Crippen LogP contribution in [0.1, 0.15) is 0 Å². The van der Waals surface area contributed by atoms with Crippen LogP contribution in [0.15, 0.2) is 57.2 Å². The number of hydrogen-bond donors (Lipinski definition) is 4. The lowest BCUT2D eigenvalue weighted by Crippen LogP contribution is -2.36. The summed E-state index contributed by atoms with van der Waals surface area (Å²) < 4.78 is 93.0. The summed E-state index contributed by atoms with van der Waals surface area (Å²) in [5.41, 5.74) is 11.3. The molecule has 13 nitrogen and oxygen atoms in total. The molecule has 0 heterocycles. The van der Waals surface area contributed by atoms with Gasteiger partial charge in [-0.1, -0.05) is 0 Å². The van der Waals surface area contributed by atoms with Crippen LogP contribution >= 0.6 is 12.0 Å². The molecule has 0 saturated heterocycles. The molecule has 17 heteroatoms. The monoisotopic (exact) mass is 571 g/mol. The van der Waals surface area contributed by atoms with Crippen molar-refractivity contribution in [3.63, 3.8) is 0 Å². The van der Waals surface area contributed by atoms with Crippen molar-refractivity contribution in [1.29, 1.82) is 0 Å². The van der Waals surface area contributed by atoms with Crippen LogP contribution in [0.4, 0.5) is 11.4 Å². The molecule has 0 atom stereocenters. The Morgan fingerprint density at radius 1 is 0.857 bits per heavy atom. The van der Waals surface area contributed by atoms with Gasteiger partial charge in [0.2, 0.25) is 0 Å². The zero-order chi connectivity index (χ0) is 26.3. The van der Waals surface area contributed by atoms with Crippen molar-refractivity contribution >= 4 is 53.5 Å². The summed E-state index contributed by atoms with van der Waals surface area (Å²) in [6, 6.07) is 9.40. The van der Waals surface area contributed by atoms with Crippen molar-refractivity contribution in [3.8, 4) is 0 Å². The summed E-state index contributed by atoms with van der Waals surface area (Å²) in [4.78, 5) is 6.26. The topological polar surface area (TPSA) is 217 Å². The molecule has 0 amide bonds. The minimum absolute atomic E-state index is 0.0470. The molecule has 0 aliphatic rings. The van der Waals surface area contributed by atoms with E-state index in [1.165, 1.54) is 41.3 Å². The maximum Gasteiger partial charge on any atom is 0.296 e. The molecule has 0 aromatic heterocycles. The van der Waals surface area contributed by atoms with Crippen LogP contribution in [0.25, 0.3) is 0 Å². The number of nitrogens with zero attached hydrogens (tertiary/aromatic N) is 1. The maximum atomic E-state index is 12.5. The number of sulfone groups is 1. The highest BCUT2D eigenvalue weighted by molar-refractivity contribution is 7.94. The normalized spacial score (nSPS) is 12.8. The van der Waals surface area contributed by atoms with Gasteiger partial charge < -0.3 is 11.5 Å². The summed E-state index contributed by atoms with van der Waals surface area (Å²) in [6.07, 6.45) is 0. The highest BCUT2D eigenvalue weighted by Crippen LogP contribution is 2.26. The second kappa shape index (κ2) is 12.3. The maximum absolute atomic E-state index is 12.5. The quantitative estimate of drug-likeness (QED) is 0.0613. The second-order valence-electron chi connectivity index (χ2n) is 7.16. The molecule has 2 aromatic carbocycles. The average Bonchev–Trinajstić information content (AvgIpc) is 2.74. The van der Waals surface area contributed by atoms with E-state index in [0.717, 1.165) is 6.07 Å². The van der Waals surface area contributed by atoms with Crippen LogP contribution < -0.4 is 11.5 Å². The fourth-order valence-electron chi connectivity index (χ4n) is 2.68. The third-order valence-corrected chi connectivity index (χ3v) is 8.44. The minimum atomic E-state index is -4.53. The third-order valence-electron chi connectivity index (χ3n) is 4.51. The smallest absolute Gasteiger partial charge is 0.296 e. The highest BCUT2D eigenvalue weighted by atomic mass is 32.2. The predicted molar refractivity (Wildman–Crippen MR) is 129 cm³/mol. The number of nitrogens with two attached hydrogens (primary N) is 2. The van der Waals surface area contributed by atoms with Gasteiger partial charge in [0.05, 0.1) is 40.7 Å². The van der Waals surface area contributed by atoms with Gasteiger partial charge in [0.25, 0.3) is 20.2 Å². The highest BCUT2D eigenvalue weighted by Gasteiger charge is 2.19. The van der Waals surface area contributed by atoms with E-state index in [2.05, 4.69) is 0 Å². The number of hydrogen-bond acceptors (Lipinski definition) is 12. The molecule has 2 aromatic rings. The zero-order valence-electron chi connectivity index (χ0n) is 18.2. The van der Waals surface area contributed by atoms with Gasteiger partial charge in [-0.25, -0.2) is 13.3 Å². The molecule has 196 valence electrons. The average molecular weight is 572 g/mol. The number of anilines is 2. The Hall–Kier alpha value is -1.96. The predicted octanol–water partition coefficient (Wildman–Crippen LogP) is 0.717. The SMILES string of the molecule is Nc1ccc(S(=O)(=O)CCN(CCOOSc2ccc(N)c(S(=O)(=O)O)c2)CCS(=O)(=O)O)cc1. The lowest BCUT2D eigenvalue weighted by atomic mass is 10.3. The van der Waals surface area contributed by atoms with Crippen LogP contribution in [0.5, 0.6) is 0 Å². The first kappa shape index (κ1) is 29.3. The molecular weight excluding hydrogens is 546 g/mol. The van der Waals surface area contributed by atoms with Gasteiger partial charge in [0.1, 0.15) is 4.90 Å². The number of rotatable bonds is 14. The van der Waals surface area contributed by atoms with Gasteiger partial charge in [-0.2, -0.15) is 21.2 Å². The van der Waals surface area contributed by atoms with Gasteiger partial charge >= 0.3 is 0 Å². The van der Waals surface area contributed by atoms with E-state index in [-0.39, 0.29) is 47.5 Å². The van der Waals surface area contributed by atoms with Crippen molar-refractivity contribution in [2.24, 2.45) is 0 Å². The largest absolute Gasteiger partial charge is 0.399 e. The van der Waals surface area contributed by atoms with E-state index in [0.29, 0.717) is 17.7 Å². The Kier molecular flexibility index (Phi) is 10.3. The van der Waals surface area contributed by atoms with E-state index in [4.69, 9.17) is 29.8 Å². The van der Waals surface area contributed by atoms with E-state index in [9.17, 15) is 25.3 Å². The second-order valence-corrected chi connectivity index (χ2v) is 13.0. The molecule has 0 bridgehead atoms. The van der Waals surface area contributed by atoms with Crippen molar-refractivity contribution in [2.75, 3.05) is 49.2 Å². The van der Waals surface area contributed by atoms with Gasteiger partial charge in [-0.05, 0) is 42.5 Å². The molecule has 0 spiro atoms. The summed E-state index contributed by atoms with van der Waals surface area (Å²) in [6.45, 7) is -0.303. The molecular formula is C18H25N3O10S4. The standard InChI is InChI=1S/C18H25N3O10S4/c19-14-1-4-16(5-2-14)33(22,23)11-8-21(9-12-34(24,25)26)7-10-30-31-32-15-3-6-17(20)18(13-15)35(27,28)29/h1-6,13H,7-12,19-20H2,(H,24,25,26)(H,27,28,29). The Bertz CT molecular complexity index is 1310. The van der Waals surface area contributed by atoms with Gasteiger partial charge in [0.15, 0.2) is 9.84 Å². The van der Waals surface area contributed by atoms with E-state index in [1.807, 2.05) is 0 Å². The van der Waals surface area contributed by atoms with Crippen molar-refractivity contribution in [2.45, 2.75) is 14.7 Å². The number of benzene rings is 2. The molecule has 2 rings (SSSR count). The Morgan fingerprint density at radius 3 is 2.09 bits per heavy atom. The lowest BCUT2D eigenvalue weighted by Gasteiger charge is -2.21. The Morgan fingerprint density at radius 2 is 1.49 bits per heavy atom. The van der Waals surface area contributed by atoms with Crippen LogP contribution in [-0.4, -0.2) is 77.0 Å². The van der Waals surface area contributed by atoms with Crippen LogP contribution in [0.3, 0.4) is 0 Å². The Labute approximate surface area is 207 Å². The first-order valence-corrected chi connectivity index (χ1v) is 15.2. The van der Waals surface area contributed by atoms with Crippen LogP contribution in [0, 0.1) is 0 Å². The first-order chi connectivity index (χ1) is 16.2. The third kappa shape index (κ3) is 10.3. The number of nitrogen functional groups attached to an aromatic ring is 2. The molecule has 0 saturated carbocycles. The Balaban J connectivity index is 1.91. The minimum Gasteiger partial charge on any atom is -0.399 e. The van der Waals surface area contributed by atoms with Crippen molar-refractivity contribution in [1.82, 2.24) is 4.90 Å². The molecule has 0 unspecified atom stereocenters. The zero-order valence-corrected chi connectivity index (χ0v) is 21.4. The van der Waals surface area contributed by atoms with Crippen LogP contribution in [0.2, 0.25) is 0 Å². The van der Waals surface area contributed by atoms with E-state index in [1.54, 1.807) is 0 Å². The molecule has 0 aliphatic heterocycles. The van der Waals surface area contributed by atoms with Gasteiger partial charge in [-0.15, -0.1) is 0 Å². The fourth-order valence-corrected chi connectivity index (χ4v) is 5.65. The molecule has 0 radical (unpaired) electrons. The van der Waals surface area contributed by atoms with Crippen LogP contribution in [-0.2, 0) is 39.3 Å². The summed E-state index contributed by atoms with van der Waals surface area (Å²) in [7, 11) is -12.5. The fraction of sp³-hybridized carbons (Fsp3) is 0.333. The summed E-state index contributed by atoms with van der Waals surface area (Å²) >= 11 is 0.631. The molecule has 6 N–H and O–H groups in total.